The molecule has 1 N–H and O–H groups in total. The van der Waals surface area contributed by atoms with Crippen LogP contribution in [0.5, 0.6) is 0 Å². The molecule has 1 amide bonds. The Balaban J connectivity index is 1.94. The van der Waals surface area contributed by atoms with Crippen molar-refractivity contribution in [2.75, 3.05) is 13.1 Å². The number of amides is 1. The third-order valence-corrected chi connectivity index (χ3v) is 4.50. The highest BCUT2D eigenvalue weighted by atomic mass is 19.1. The van der Waals surface area contributed by atoms with Gasteiger partial charge in [0.25, 0.3) is 5.91 Å². The van der Waals surface area contributed by atoms with E-state index in [0.29, 0.717) is 35.1 Å². The summed E-state index contributed by atoms with van der Waals surface area (Å²) in [5.41, 5.74) is 1.45. The van der Waals surface area contributed by atoms with Crippen LogP contribution in [-0.2, 0) is 4.79 Å². The molecule has 6 heteroatoms. The number of aliphatic carboxylic acids is 1. The van der Waals surface area contributed by atoms with E-state index >= 15 is 0 Å². The number of nitrogens with zero attached hydrogens (tertiary/aromatic N) is 2. The highest BCUT2D eigenvalue weighted by Crippen LogP contribution is 2.25. The van der Waals surface area contributed by atoms with Gasteiger partial charge in [0.05, 0.1) is 22.7 Å². The van der Waals surface area contributed by atoms with Crippen LogP contribution in [0.25, 0.3) is 10.9 Å². The van der Waals surface area contributed by atoms with Gasteiger partial charge in [0.2, 0.25) is 0 Å². The molecule has 5 nitrogen and oxygen atoms in total. The summed E-state index contributed by atoms with van der Waals surface area (Å²) >= 11 is 0. The van der Waals surface area contributed by atoms with Crippen LogP contribution in [0.1, 0.15) is 29.4 Å². The first-order valence-corrected chi connectivity index (χ1v) is 7.94. The largest absolute Gasteiger partial charge is 0.481 e. The minimum absolute atomic E-state index is 0.131. The van der Waals surface area contributed by atoms with Crippen LogP contribution in [0, 0.1) is 24.6 Å². The average Bonchev–Trinajstić information content (AvgIpc) is 2.52. The Kier molecular flexibility index (Phi) is 4.22. The van der Waals surface area contributed by atoms with Gasteiger partial charge in [0.15, 0.2) is 0 Å². The molecule has 2 aromatic rings. The molecule has 0 radical (unpaired) electrons. The summed E-state index contributed by atoms with van der Waals surface area (Å²) in [6, 6.07) is 5.96. The number of carboxylic acid groups (broad SMARTS) is 1. The molecule has 1 aliphatic rings. The summed E-state index contributed by atoms with van der Waals surface area (Å²) in [4.78, 5) is 30.1. The number of rotatable bonds is 2. The first-order chi connectivity index (χ1) is 11.3. The third-order valence-electron chi connectivity index (χ3n) is 4.50. The molecule has 2 unspecified atom stereocenters. The van der Waals surface area contributed by atoms with Gasteiger partial charge in [-0.1, -0.05) is 6.92 Å². The summed E-state index contributed by atoms with van der Waals surface area (Å²) in [5, 5.41) is 9.95. The van der Waals surface area contributed by atoms with Crippen LogP contribution >= 0.6 is 0 Å². The minimum Gasteiger partial charge on any atom is -0.481 e. The van der Waals surface area contributed by atoms with Gasteiger partial charge in [0, 0.05) is 24.5 Å². The Morgan fingerprint density at radius 2 is 2.04 bits per heavy atom. The lowest BCUT2D eigenvalue weighted by Crippen LogP contribution is -2.45. The van der Waals surface area contributed by atoms with Crippen molar-refractivity contribution in [2.24, 2.45) is 11.8 Å². The van der Waals surface area contributed by atoms with E-state index in [4.69, 9.17) is 0 Å². The normalized spacial score (nSPS) is 21.0. The van der Waals surface area contributed by atoms with E-state index < -0.39 is 11.9 Å². The van der Waals surface area contributed by atoms with Crippen LogP contribution in [0.15, 0.2) is 24.3 Å². The number of halogens is 1. The first-order valence-electron chi connectivity index (χ1n) is 7.94. The van der Waals surface area contributed by atoms with Crippen molar-refractivity contribution in [2.45, 2.75) is 20.3 Å². The van der Waals surface area contributed by atoms with Crippen molar-refractivity contribution in [3.63, 3.8) is 0 Å². The summed E-state index contributed by atoms with van der Waals surface area (Å²) in [6.07, 6.45) is 0.577. The van der Waals surface area contributed by atoms with Crippen molar-refractivity contribution >= 4 is 22.8 Å². The molecule has 1 aromatic heterocycles. The van der Waals surface area contributed by atoms with Crippen molar-refractivity contribution in [1.29, 1.82) is 0 Å². The number of aryl methyl sites for hydroxylation is 1. The smallest absolute Gasteiger partial charge is 0.308 e. The fraction of sp³-hybridized carbons (Fsp3) is 0.389. The molecule has 1 aliphatic heterocycles. The molecule has 2 atom stereocenters. The fourth-order valence-corrected chi connectivity index (χ4v) is 3.32. The number of carbonyl (C=O) groups excluding carboxylic acids is 1. The van der Waals surface area contributed by atoms with Crippen LogP contribution < -0.4 is 0 Å². The second-order valence-electron chi connectivity index (χ2n) is 6.54. The summed E-state index contributed by atoms with van der Waals surface area (Å²) < 4.78 is 13.3. The van der Waals surface area contributed by atoms with E-state index in [2.05, 4.69) is 4.98 Å². The number of aromatic nitrogens is 1. The Morgan fingerprint density at radius 1 is 1.29 bits per heavy atom. The molecule has 2 heterocycles. The van der Waals surface area contributed by atoms with Crippen LogP contribution in [0.4, 0.5) is 4.39 Å². The number of fused-ring (bicyclic) bond motifs is 1. The van der Waals surface area contributed by atoms with Crippen LogP contribution in [-0.4, -0.2) is 40.0 Å². The summed E-state index contributed by atoms with van der Waals surface area (Å²) in [5.74, 6) is -1.87. The lowest BCUT2D eigenvalue weighted by Gasteiger charge is -2.35. The molecular formula is C18H19FN2O3. The van der Waals surface area contributed by atoms with Crippen molar-refractivity contribution in [3.8, 4) is 0 Å². The maximum absolute atomic E-state index is 13.3. The number of carboxylic acids is 1. The number of hydrogen-bond acceptors (Lipinski definition) is 3. The molecule has 0 bridgehead atoms. The van der Waals surface area contributed by atoms with Gasteiger partial charge in [-0.3, -0.25) is 14.6 Å². The Labute approximate surface area is 139 Å². The molecule has 3 rings (SSSR count). The molecule has 1 saturated heterocycles. The standard InChI is InChI=1S/C18H19FN2O3/c1-10-5-13(18(23)24)9-21(8-10)17(22)15-6-12-3-4-14(19)7-16(12)20-11(15)2/h3-4,6-7,10,13H,5,8-9H2,1-2H3,(H,23,24). The van der Waals surface area contributed by atoms with Gasteiger partial charge in [-0.05, 0) is 37.5 Å². The lowest BCUT2D eigenvalue weighted by molar-refractivity contribution is -0.143. The second kappa shape index (κ2) is 6.19. The van der Waals surface area contributed by atoms with E-state index in [9.17, 15) is 19.1 Å². The monoisotopic (exact) mass is 330 g/mol. The third kappa shape index (κ3) is 3.09. The highest BCUT2D eigenvalue weighted by Gasteiger charge is 2.32. The number of carbonyl (C=O) groups is 2. The zero-order chi connectivity index (χ0) is 17.4. The van der Waals surface area contributed by atoms with E-state index in [-0.39, 0.29) is 24.2 Å². The van der Waals surface area contributed by atoms with Crippen molar-refractivity contribution < 1.29 is 19.1 Å². The van der Waals surface area contributed by atoms with Gasteiger partial charge in [-0.2, -0.15) is 0 Å². The van der Waals surface area contributed by atoms with Gasteiger partial charge in [-0.15, -0.1) is 0 Å². The van der Waals surface area contributed by atoms with Gasteiger partial charge in [-0.25, -0.2) is 4.39 Å². The van der Waals surface area contributed by atoms with Gasteiger partial charge in [0.1, 0.15) is 5.82 Å². The van der Waals surface area contributed by atoms with Gasteiger partial charge >= 0.3 is 5.97 Å². The number of piperidine rings is 1. The van der Waals surface area contributed by atoms with Gasteiger partial charge < -0.3 is 10.0 Å². The Bertz CT molecular complexity index is 821. The topological polar surface area (TPSA) is 70.5 Å². The molecule has 0 saturated carbocycles. The molecule has 1 aromatic carbocycles. The Hall–Kier alpha value is -2.50. The summed E-state index contributed by atoms with van der Waals surface area (Å²) in [6.45, 7) is 4.40. The molecule has 126 valence electrons. The number of hydrogen-bond donors (Lipinski definition) is 1. The van der Waals surface area contributed by atoms with E-state index in [0.717, 1.165) is 0 Å². The zero-order valence-corrected chi connectivity index (χ0v) is 13.6. The van der Waals surface area contributed by atoms with E-state index in [1.807, 2.05) is 6.92 Å². The molecule has 0 aliphatic carbocycles. The number of likely N-dealkylation sites (tertiary alicyclic amines) is 1. The van der Waals surface area contributed by atoms with Crippen LogP contribution in [0.3, 0.4) is 0 Å². The predicted octanol–water partition coefficient (Wildman–Crippen LogP) is 2.87. The number of pyridine rings is 1. The highest BCUT2D eigenvalue weighted by molar-refractivity contribution is 5.99. The minimum atomic E-state index is -0.872. The maximum atomic E-state index is 13.3. The van der Waals surface area contributed by atoms with Crippen LogP contribution in [0.2, 0.25) is 0 Å². The molecule has 1 fully saturated rings. The maximum Gasteiger partial charge on any atom is 0.308 e. The molecule has 0 spiro atoms. The second-order valence-corrected chi connectivity index (χ2v) is 6.54. The first kappa shape index (κ1) is 16.4. The van der Waals surface area contributed by atoms with E-state index in [1.165, 1.54) is 12.1 Å². The molecule has 24 heavy (non-hydrogen) atoms. The van der Waals surface area contributed by atoms with Crippen molar-refractivity contribution in [3.05, 3.63) is 41.3 Å². The predicted molar refractivity (Wildman–Crippen MR) is 87.2 cm³/mol. The number of benzene rings is 1. The fourth-order valence-electron chi connectivity index (χ4n) is 3.32. The summed E-state index contributed by atoms with van der Waals surface area (Å²) in [7, 11) is 0. The quantitative estimate of drug-likeness (QED) is 0.919. The lowest BCUT2D eigenvalue weighted by atomic mass is 9.90. The Morgan fingerprint density at radius 3 is 2.75 bits per heavy atom. The average molecular weight is 330 g/mol. The molecular weight excluding hydrogens is 311 g/mol. The van der Waals surface area contributed by atoms with E-state index in [1.54, 1.807) is 24.0 Å². The zero-order valence-electron chi connectivity index (χ0n) is 13.6. The van der Waals surface area contributed by atoms with Crippen molar-refractivity contribution in [1.82, 2.24) is 9.88 Å². The SMILES string of the molecule is Cc1nc2cc(F)ccc2cc1C(=O)N1CC(C)CC(C(=O)O)C1.